The lowest BCUT2D eigenvalue weighted by Gasteiger charge is -2.18. The smallest absolute Gasteiger partial charge is 0.306 e. The molecule has 0 saturated carbocycles. The van der Waals surface area contributed by atoms with E-state index in [1.54, 1.807) is 0 Å². The van der Waals surface area contributed by atoms with E-state index in [1.165, 1.54) is 161 Å². The van der Waals surface area contributed by atoms with Gasteiger partial charge in [-0.1, -0.05) is 175 Å². The first kappa shape index (κ1) is 35.5. The van der Waals surface area contributed by atoms with E-state index in [1.807, 2.05) is 0 Å². The number of unbranched alkanes of at least 4 members (excludes halogenated alkanes) is 23. The van der Waals surface area contributed by atoms with Crippen molar-refractivity contribution in [2.24, 2.45) is 0 Å². The zero-order chi connectivity index (χ0) is 26.4. The molecule has 0 amide bonds. The summed E-state index contributed by atoms with van der Waals surface area (Å²) in [7, 11) is 0. The van der Waals surface area contributed by atoms with E-state index in [9.17, 15) is 4.79 Å². The molecule has 2 nitrogen and oxygen atoms in total. The highest BCUT2D eigenvalue weighted by atomic mass is 16.5. The van der Waals surface area contributed by atoms with Crippen molar-refractivity contribution in [3.63, 3.8) is 0 Å². The Hall–Kier alpha value is -0.530. The second-order valence-electron chi connectivity index (χ2n) is 11.6. The van der Waals surface area contributed by atoms with Gasteiger partial charge >= 0.3 is 5.97 Å². The number of rotatable bonds is 30. The minimum atomic E-state index is 0.0524. The first-order valence-electron chi connectivity index (χ1n) is 16.9. The number of hydrogen-bond donors (Lipinski definition) is 0. The van der Waals surface area contributed by atoms with E-state index in [-0.39, 0.29) is 12.1 Å². The fourth-order valence-electron chi connectivity index (χ4n) is 5.26. The third-order valence-electron chi connectivity index (χ3n) is 7.79. The quantitative estimate of drug-likeness (QED) is 0.0712. The molecule has 1 unspecified atom stereocenters. The van der Waals surface area contributed by atoms with Crippen molar-refractivity contribution in [2.45, 2.75) is 213 Å². The lowest BCUT2D eigenvalue weighted by atomic mass is 10.0. The van der Waals surface area contributed by atoms with Crippen LogP contribution < -0.4 is 0 Å². The Labute approximate surface area is 228 Å². The first-order chi connectivity index (χ1) is 17.7. The number of hydrogen-bond acceptors (Lipinski definition) is 2. The van der Waals surface area contributed by atoms with Crippen LogP contribution in [-0.2, 0) is 9.53 Å². The molecule has 0 saturated heterocycles. The van der Waals surface area contributed by atoms with Crippen LogP contribution in [0, 0.1) is 0 Å². The molecule has 0 N–H and O–H groups in total. The van der Waals surface area contributed by atoms with Crippen LogP contribution in [0.15, 0.2) is 0 Å². The summed E-state index contributed by atoms with van der Waals surface area (Å²) >= 11 is 0. The van der Waals surface area contributed by atoms with Crippen LogP contribution in [0.25, 0.3) is 0 Å². The van der Waals surface area contributed by atoms with Crippen LogP contribution in [0.2, 0.25) is 0 Å². The second-order valence-corrected chi connectivity index (χ2v) is 11.6. The van der Waals surface area contributed by atoms with Gasteiger partial charge in [-0.05, 0) is 25.7 Å². The molecular weight excluding hydrogens is 440 g/mol. The fourth-order valence-corrected chi connectivity index (χ4v) is 5.26. The molecule has 0 bridgehead atoms. The average molecular weight is 509 g/mol. The molecule has 0 radical (unpaired) electrons. The van der Waals surface area contributed by atoms with E-state index in [0.717, 1.165) is 19.3 Å². The van der Waals surface area contributed by atoms with Gasteiger partial charge < -0.3 is 4.74 Å². The van der Waals surface area contributed by atoms with Crippen molar-refractivity contribution in [1.29, 1.82) is 0 Å². The molecule has 0 aromatic carbocycles. The molecule has 0 heterocycles. The van der Waals surface area contributed by atoms with Crippen molar-refractivity contribution in [1.82, 2.24) is 0 Å². The van der Waals surface area contributed by atoms with Crippen LogP contribution in [0.4, 0.5) is 0 Å². The van der Waals surface area contributed by atoms with Gasteiger partial charge in [0.15, 0.2) is 0 Å². The van der Waals surface area contributed by atoms with Gasteiger partial charge in [0, 0.05) is 6.42 Å². The van der Waals surface area contributed by atoms with Gasteiger partial charge in [0.2, 0.25) is 0 Å². The van der Waals surface area contributed by atoms with Crippen molar-refractivity contribution >= 4 is 5.97 Å². The summed E-state index contributed by atoms with van der Waals surface area (Å²) in [6.45, 7) is 6.77. The molecule has 0 spiro atoms. The highest BCUT2D eigenvalue weighted by Crippen LogP contribution is 2.17. The summed E-state index contributed by atoms with van der Waals surface area (Å²) in [4.78, 5) is 12.3. The average Bonchev–Trinajstić information content (AvgIpc) is 2.88. The van der Waals surface area contributed by atoms with Gasteiger partial charge in [0.25, 0.3) is 0 Å². The van der Waals surface area contributed by atoms with E-state index >= 15 is 0 Å². The minimum Gasteiger partial charge on any atom is -0.462 e. The molecule has 0 aliphatic heterocycles. The number of carbonyl (C=O) groups excluding carboxylic acids is 1. The third-order valence-corrected chi connectivity index (χ3v) is 7.79. The van der Waals surface area contributed by atoms with Gasteiger partial charge in [0.05, 0.1) is 0 Å². The molecule has 0 rings (SSSR count). The molecule has 0 aromatic rings. The summed E-state index contributed by atoms with van der Waals surface area (Å²) in [5.74, 6) is 0.0524. The maximum Gasteiger partial charge on any atom is 0.306 e. The molecule has 36 heavy (non-hydrogen) atoms. The number of esters is 1. The minimum absolute atomic E-state index is 0.0524. The Morgan fingerprint density at radius 1 is 0.417 bits per heavy atom. The Balaban J connectivity index is 3.44. The molecule has 0 aromatic heterocycles. The lowest BCUT2D eigenvalue weighted by molar-refractivity contribution is -0.150. The summed E-state index contributed by atoms with van der Waals surface area (Å²) in [6.07, 6.45) is 38.0. The molecule has 2 heteroatoms. The van der Waals surface area contributed by atoms with E-state index in [2.05, 4.69) is 20.8 Å². The SMILES string of the molecule is CCCCCCCCCCCCCCCCCCCCCC(=O)OC(CCCC)CCCCCCC. The molecule has 0 aliphatic rings. The van der Waals surface area contributed by atoms with Crippen molar-refractivity contribution in [2.75, 3.05) is 0 Å². The molecule has 216 valence electrons. The highest BCUT2D eigenvalue weighted by molar-refractivity contribution is 5.69. The monoisotopic (exact) mass is 509 g/mol. The molecule has 0 fully saturated rings. The molecular formula is C34H68O2. The van der Waals surface area contributed by atoms with Gasteiger partial charge in [-0.15, -0.1) is 0 Å². The fraction of sp³-hybridized carbons (Fsp3) is 0.971. The standard InChI is InChI=1S/C34H68O2/c1-4-7-10-12-13-14-15-16-17-18-19-20-21-22-23-24-25-27-29-32-34(35)36-33(30-9-6-3)31-28-26-11-8-5-2/h33H,4-32H2,1-3H3. The molecule has 0 aliphatic carbocycles. The van der Waals surface area contributed by atoms with Gasteiger partial charge in [0.1, 0.15) is 6.10 Å². The first-order valence-corrected chi connectivity index (χ1v) is 16.9. The zero-order valence-electron chi connectivity index (χ0n) is 25.4. The lowest BCUT2D eigenvalue weighted by Crippen LogP contribution is -2.18. The predicted octanol–water partition coefficient (Wildman–Crippen LogP) is 12.3. The van der Waals surface area contributed by atoms with Crippen LogP contribution in [-0.4, -0.2) is 12.1 Å². The Morgan fingerprint density at radius 3 is 1.11 bits per heavy atom. The van der Waals surface area contributed by atoms with Crippen LogP contribution >= 0.6 is 0 Å². The van der Waals surface area contributed by atoms with Crippen LogP contribution in [0.1, 0.15) is 207 Å². The maximum atomic E-state index is 12.3. The topological polar surface area (TPSA) is 26.3 Å². The molecule has 1 atom stereocenters. The van der Waals surface area contributed by atoms with Crippen LogP contribution in [0.3, 0.4) is 0 Å². The summed E-state index contributed by atoms with van der Waals surface area (Å²) in [5.41, 5.74) is 0. The second kappa shape index (κ2) is 30.7. The van der Waals surface area contributed by atoms with Crippen molar-refractivity contribution in [3.8, 4) is 0 Å². The maximum absolute atomic E-state index is 12.3. The normalized spacial score (nSPS) is 12.2. The van der Waals surface area contributed by atoms with Crippen LogP contribution in [0.5, 0.6) is 0 Å². The van der Waals surface area contributed by atoms with E-state index in [0.29, 0.717) is 6.42 Å². The van der Waals surface area contributed by atoms with Gasteiger partial charge in [-0.2, -0.15) is 0 Å². The van der Waals surface area contributed by atoms with Gasteiger partial charge in [-0.25, -0.2) is 0 Å². The Bertz CT molecular complexity index is 419. The number of ether oxygens (including phenoxy) is 1. The third kappa shape index (κ3) is 28.0. The predicted molar refractivity (Wildman–Crippen MR) is 161 cm³/mol. The summed E-state index contributed by atoms with van der Waals surface area (Å²) in [5, 5.41) is 0. The van der Waals surface area contributed by atoms with Gasteiger partial charge in [-0.3, -0.25) is 4.79 Å². The van der Waals surface area contributed by atoms with Crippen molar-refractivity contribution in [3.05, 3.63) is 0 Å². The Morgan fingerprint density at radius 2 is 0.722 bits per heavy atom. The van der Waals surface area contributed by atoms with E-state index < -0.39 is 0 Å². The van der Waals surface area contributed by atoms with E-state index in [4.69, 9.17) is 4.74 Å². The summed E-state index contributed by atoms with van der Waals surface area (Å²) in [6, 6.07) is 0. The number of carbonyl (C=O) groups is 1. The van der Waals surface area contributed by atoms with Crippen molar-refractivity contribution < 1.29 is 9.53 Å². The zero-order valence-corrected chi connectivity index (χ0v) is 25.4. The highest BCUT2D eigenvalue weighted by Gasteiger charge is 2.13. The summed E-state index contributed by atoms with van der Waals surface area (Å²) < 4.78 is 5.86. The Kier molecular flexibility index (Phi) is 30.2. The largest absolute Gasteiger partial charge is 0.462 e.